The van der Waals surface area contributed by atoms with Crippen LogP contribution in [0.25, 0.3) is 5.52 Å². The van der Waals surface area contributed by atoms with Crippen molar-refractivity contribution < 1.29 is 14.3 Å². The zero-order valence-corrected chi connectivity index (χ0v) is 16.4. The number of amides is 2. The van der Waals surface area contributed by atoms with Gasteiger partial charge in [0.25, 0.3) is 11.8 Å². The Labute approximate surface area is 169 Å². The second-order valence-electron chi connectivity index (χ2n) is 7.11. The van der Waals surface area contributed by atoms with Crippen LogP contribution in [0.4, 0.5) is 5.69 Å². The highest BCUT2D eigenvalue weighted by atomic mass is 16.5. The SMILES string of the molecule is CCOc1ccc(NC(=O)c2nc(C(=O)NC3CCCC3)c3ccccn23)cc1. The van der Waals surface area contributed by atoms with Crippen molar-refractivity contribution in [1.82, 2.24) is 14.7 Å². The second kappa shape index (κ2) is 8.34. The number of nitrogens with zero attached hydrogens (tertiary/aromatic N) is 2. The second-order valence-corrected chi connectivity index (χ2v) is 7.11. The minimum Gasteiger partial charge on any atom is -0.494 e. The predicted molar refractivity (Wildman–Crippen MR) is 110 cm³/mol. The fourth-order valence-corrected chi connectivity index (χ4v) is 3.68. The van der Waals surface area contributed by atoms with Gasteiger partial charge in [0.2, 0.25) is 5.82 Å². The maximum atomic E-state index is 12.9. The third kappa shape index (κ3) is 4.08. The number of carbonyl (C=O) groups excluding carboxylic acids is 2. The van der Waals surface area contributed by atoms with Crippen molar-refractivity contribution in [3.05, 3.63) is 60.2 Å². The summed E-state index contributed by atoms with van der Waals surface area (Å²) in [5.74, 6) is 0.296. The average Bonchev–Trinajstić information content (AvgIpc) is 3.37. The van der Waals surface area contributed by atoms with E-state index < -0.39 is 0 Å². The van der Waals surface area contributed by atoms with Crippen LogP contribution < -0.4 is 15.4 Å². The number of carbonyl (C=O) groups is 2. The Balaban J connectivity index is 1.58. The van der Waals surface area contributed by atoms with Crippen LogP contribution in [-0.2, 0) is 0 Å². The van der Waals surface area contributed by atoms with Gasteiger partial charge in [-0.15, -0.1) is 0 Å². The van der Waals surface area contributed by atoms with E-state index in [4.69, 9.17) is 4.74 Å². The monoisotopic (exact) mass is 392 g/mol. The van der Waals surface area contributed by atoms with Gasteiger partial charge in [-0.2, -0.15) is 0 Å². The first kappa shape index (κ1) is 19.0. The smallest absolute Gasteiger partial charge is 0.292 e. The van der Waals surface area contributed by atoms with Crippen LogP contribution in [0.2, 0.25) is 0 Å². The normalized spacial score (nSPS) is 14.1. The molecule has 150 valence electrons. The van der Waals surface area contributed by atoms with E-state index in [0.29, 0.717) is 17.8 Å². The van der Waals surface area contributed by atoms with Crippen molar-refractivity contribution in [2.75, 3.05) is 11.9 Å². The minimum absolute atomic E-state index is 0.172. The van der Waals surface area contributed by atoms with E-state index in [0.717, 1.165) is 31.4 Å². The predicted octanol–water partition coefficient (Wildman–Crippen LogP) is 3.66. The molecule has 1 fully saturated rings. The summed E-state index contributed by atoms with van der Waals surface area (Å²) in [4.78, 5) is 30.0. The molecule has 0 bridgehead atoms. The van der Waals surface area contributed by atoms with Crippen molar-refractivity contribution in [2.24, 2.45) is 0 Å². The molecule has 1 aliphatic carbocycles. The molecule has 7 heteroatoms. The zero-order chi connectivity index (χ0) is 20.2. The number of pyridine rings is 1. The number of fused-ring (bicyclic) bond motifs is 1. The van der Waals surface area contributed by atoms with E-state index in [1.807, 2.05) is 13.0 Å². The Kier molecular flexibility index (Phi) is 5.46. The highest BCUT2D eigenvalue weighted by Gasteiger charge is 2.24. The van der Waals surface area contributed by atoms with Gasteiger partial charge < -0.3 is 15.4 Å². The number of hydrogen-bond acceptors (Lipinski definition) is 4. The van der Waals surface area contributed by atoms with Crippen LogP contribution in [0.5, 0.6) is 5.75 Å². The van der Waals surface area contributed by atoms with E-state index in [9.17, 15) is 9.59 Å². The number of imidazole rings is 1. The molecule has 4 rings (SSSR count). The fraction of sp³-hybridized carbons (Fsp3) is 0.318. The van der Waals surface area contributed by atoms with Gasteiger partial charge >= 0.3 is 0 Å². The maximum absolute atomic E-state index is 12.9. The largest absolute Gasteiger partial charge is 0.494 e. The molecule has 3 aromatic rings. The fourth-order valence-electron chi connectivity index (χ4n) is 3.68. The Bertz CT molecular complexity index is 1020. The van der Waals surface area contributed by atoms with Crippen LogP contribution >= 0.6 is 0 Å². The summed E-state index contributed by atoms with van der Waals surface area (Å²) in [7, 11) is 0. The lowest BCUT2D eigenvalue weighted by Crippen LogP contribution is -2.33. The molecule has 1 saturated carbocycles. The number of rotatable bonds is 6. The summed E-state index contributed by atoms with van der Waals surface area (Å²) in [6.07, 6.45) is 5.97. The molecule has 2 heterocycles. The standard InChI is InChI=1S/C22H24N4O3/c1-2-29-17-12-10-16(11-13-17)24-22(28)20-25-19(18-9-5-6-14-26(18)20)21(27)23-15-7-3-4-8-15/h5-6,9-15H,2-4,7-8H2,1H3,(H,23,27)(H,24,28). The molecular formula is C22H24N4O3. The van der Waals surface area contributed by atoms with E-state index in [1.54, 1.807) is 47.0 Å². The Hall–Kier alpha value is -3.35. The molecule has 0 spiro atoms. The van der Waals surface area contributed by atoms with E-state index >= 15 is 0 Å². The van der Waals surface area contributed by atoms with Gasteiger partial charge in [0.05, 0.1) is 12.1 Å². The highest BCUT2D eigenvalue weighted by Crippen LogP contribution is 2.20. The minimum atomic E-state index is -0.379. The molecule has 7 nitrogen and oxygen atoms in total. The van der Waals surface area contributed by atoms with Gasteiger partial charge in [-0.25, -0.2) is 4.98 Å². The molecule has 0 unspecified atom stereocenters. The topological polar surface area (TPSA) is 84.7 Å². The zero-order valence-electron chi connectivity index (χ0n) is 16.4. The van der Waals surface area contributed by atoms with Crippen molar-refractivity contribution >= 4 is 23.0 Å². The lowest BCUT2D eigenvalue weighted by Gasteiger charge is -2.10. The molecule has 0 atom stereocenters. The Morgan fingerprint density at radius 1 is 1.10 bits per heavy atom. The molecule has 0 saturated heterocycles. The molecule has 2 amide bonds. The van der Waals surface area contributed by atoms with Crippen molar-refractivity contribution in [1.29, 1.82) is 0 Å². The first-order valence-electron chi connectivity index (χ1n) is 9.98. The molecule has 29 heavy (non-hydrogen) atoms. The lowest BCUT2D eigenvalue weighted by molar-refractivity contribution is 0.0935. The lowest BCUT2D eigenvalue weighted by atomic mass is 10.2. The number of benzene rings is 1. The summed E-state index contributed by atoms with van der Waals surface area (Å²) in [6.45, 7) is 2.50. The van der Waals surface area contributed by atoms with Crippen molar-refractivity contribution in [3.63, 3.8) is 0 Å². The van der Waals surface area contributed by atoms with Crippen LogP contribution in [0, 0.1) is 0 Å². The van der Waals surface area contributed by atoms with Gasteiger partial charge in [0.15, 0.2) is 5.69 Å². The number of hydrogen-bond donors (Lipinski definition) is 2. The molecule has 1 aliphatic rings. The number of nitrogens with one attached hydrogen (secondary N) is 2. The van der Waals surface area contributed by atoms with E-state index in [1.165, 1.54) is 0 Å². The van der Waals surface area contributed by atoms with Crippen LogP contribution in [0.3, 0.4) is 0 Å². The van der Waals surface area contributed by atoms with Crippen LogP contribution in [-0.4, -0.2) is 33.8 Å². The maximum Gasteiger partial charge on any atom is 0.292 e. The number of aromatic nitrogens is 2. The van der Waals surface area contributed by atoms with Crippen LogP contribution in [0.1, 0.15) is 53.7 Å². The summed E-state index contributed by atoms with van der Waals surface area (Å²) in [5, 5.41) is 5.88. The highest BCUT2D eigenvalue weighted by molar-refractivity contribution is 6.06. The summed E-state index contributed by atoms with van der Waals surface area (Å²) in [5.41, 5.74) is 1.51. The number of anilines is 1. The number of ether oxygens (including phenoxy) is 1. The molecular weight excluding hydrogens is 368 g/mol. The Morgan fingerprint density at radius 2 is 1.86 bits per heavy atom. The molecule has 0 aliphatic heterocycles. The van der Waals surface area contributed by atoms with Gasteiger partial charge in [-0.1, -0.05) is 18.9 Å². The van der Waals surface area contributed by atoms with Crippen molar-refractivity contribution in [3.8, 4) is 5.75 Å². The van der Waals surface area contributed by atoms with Gasteiger partial charge in [-0.05, 0) is 56.2 Å². The molecule has 1 aromatic carbocycles. The molecule has 2 N–H and O–H groups in total. The van der Waals surface area contributed by atoms with Crippen molar-refractivity contribution in [2.45, 2.75) is 38.6 Å². The van der Waals surface area contributed by atoms with Gasteiger partial charge in [0, 0.05) is 17.9 Å². The van der Waals surface area contributed by atoms with Gasteiger partial charge in [-0.3, -0.25) is 14.0 Å². The first-order chi connectivity index (χ1) is 14.2. The average molecular weight is 392 g/mol. The Morgan fingerprint density at radius 3 is 2.59 bits per heavy atom. The summed E-state index contributed by atoms with van der Waals surface area (Å²) < 4.78 is 7.06. The summed E-state index contributed by atoms with van der Waals surface area (Å²) >= 11 is 0. The van der Waals surface area contributed by atoms with E-state index in [2.05, 4.69) is 15.6 Å². The first-order valence-corrected chi connectivity index (χ1v) is 9.98. The quantitative estimate of drug-likeness (QED) is 0.670. The third-order valence-corrected chi connectivity index (χ3v) is 5.08. The molecule has 2 aromatic heterocycles. The summed E-state index contributed by atoms with van der Waals surface area (Å²) in [6, 6.07) is 12.7. The third-order valence-electron chi connectivity index (χ3n) is 5.08. The van der Waals surface area contributed by atoms with E-state index in [-0.39, 0.29) is 29.4 Å². The van der Waals surface area contributed by atoms with Crippen LogP contribution in [0.15, 0.2) is 48.7 Å². The molecule has 0 radical (unpaired) electrons. The van der Waals surface area contributed by atoms with Gasteiger partial charge in [0.1, 0.15) is 5.75 Å².